The van der Waals surface area contributed by atoms with Crippen LogP contribution in [0.3, 0.4) is 0 Å². The second-order valence-corrected chi connectivity index (χ2v) is 7.26. The molecule has 112 valence electrons. The summed E-state index contributed by atoms with van der Waals surface area (Å²) in [6, 6.07) is 0.333. The Kier molecular flexibility index (Phi) is 5.79. The van der Waals surface area contributed by atoms with Gasteiger partial charge in [-0.25, -0.2) is 0 Å². The van der Waals surface area contributed by atoms with Crippen LogP contribution in [0.5, 0.6) is 0 Å². The van der Waals surface area contributed by atoms with Gasteiger partial charge in [0.25, 0.3) is 0 Å². The van der Waals surface area contributed by atoms with E-state index in [4.69, 9.17) is 23.2 Å². The van der Waals surface area contributed by atoms with Crippen LogP contribution in [0, 0.1) is 11.8 Å². The van der Waals surface area contributed by atoms with Gasteiger partial charge in [0.1, 0.15) is 0 Å². The molecule has 1 heterocycles. The first-order valence-electron chi connectivity index (χ1n) is 7.34. The minimum atomic E-state index is -0.344. The molecule has 0 amide bonds. The Morgan fingerprint density at radius 3 is 2.32 bits per heavy atom. The SMILES string of the molecule is CC(C1CC(Cl)C(Cl)CC1O)N1CCC(CO)CC1. The standard InChI is InChI=1S/C14H25Cl2NO2/c1-9(17-4-2-10(8-18)3-5-17)11-6-12(15)13(16)7-14(11)19/h9-14,18-19H,2-8H2,1H3. The van der Waals surface area contributed by atoms with Gasteiger partial charge < -0.3 is 15.1 Å². The molecule has 0 spiro atoms. The predicted molar refractivity (Wildman–Crippen MR) is 78.9 cm³/mol. The van der Waals surface area contributed by atoms with Crippen molar-refractivity contribution in [2.75, 3.05) is 19.7 Å². The average Bonchev–Trinajstić information content (AvgIpc) is 2.42. The molecule has 0 radical (unpaired) electrons. The minimum Gasteiger partial charge on any atom is -0.396 e. The third-order valence-corrected chi connectivity index (χ3v) is 6.05. The van der Waals surface area contributed by atoms with Crippen LogP contribution in [0.1, 0.15) is 32.6 Å². The smallest absolute Gasteiger partial charge is 0.0598 e. The summed E-state index contributed by atoms with van der Waals surface area (Å²) < 4.78 is 0. The zero-order chi connectivity index (χ0) is 14.0. The molecule has 1 saturated heterocycles. The van der Waals surface area contributed by atoms with Crippen molar-refractivity contribution in [1.82, 2.24) is 4.90 Å². The molecule has 2 N–H and O–H groups in total. The number of likely N-dealkylation sites (tertiary alicyclic amines) is 1. The highest BCUT2D eigenvalue weighted by Crippen LogP contribution is 2.36. The molecule has 2 fully saturated rings. The van der Waals surface area contributed by atoms with Crippen LogP contribution in [0.15, 0.2) is 0 Å². The first-order valence-corrected chi connectivity index (χ1v) is 8.21. The van der Waals surface area contributed by atoms with Crippen LogP contribution in [-0.4, -0.2) is 57.7 Å². The van der Waals surface area contributed by atoms with Gasteiger partial charge in [-0.05, 0) is 51.6 Å². The van der Waals surface area contributed by atoms with Crippen molar-refractivity contribution in [3.63, 3.8) is 0 Å². The van der Waals surface area contributed by atoms with E-state index in [1.165, 1.54) is 0 Å². The molecule has 1 aliphatic carbocycles. The van der Waals surface area contributed by atoms with E-state index in [0.29, 0.717) is 25.0 Å². The normalized spacial score (nSPS) is 40.3. The molecule has 0 aromatic rings. The van der Waals surface area contributed by atoms with Gasteiger partial charge in [0.05, 0.1) is 16.9 Å². The number of aliphatic hydroxyl groups excluding tert-OH is 2. The van der Waals surface area contributed by atoms with Crippen molar-refractivity contribution in [3.05, 3.63) is 0 Å². The summed E-state index contributed by atoms with van der Waals surface area (Å²) in [7, 11) is 0. The molecule has 5 heteroatoms. The van der Waals surface area contributed by atoms with Gasteiger partial charge in [-0.15, -0.1) is 23.2 Å². The maximum Gasteiger partial charge on any atom is 0.0598 e. The zero-order valence-corrected chi connectivity index (χ0v) is 13.0. The largest absolute Gasteiger partial charge is 0.396 e. The van der Waals surface area contributed by atoms with Crippen LogP contribution >= 0.6 is 23.2 Å². The number of hydrogen-bond acceptors (Lipinski definition) is 3. The summed E-state index contributed by atoms with van der Waals surface area (Å²) in [6.45, 7) is 4.50. The van der Waals surface area contributed by atoms with Crippen molar-refractivity contribution in [2.45, 2.75) is 55.5 Å². The summed E-state index contributed by atoms with van der Waals surface area (Å²) in [5, 5.41) is 19.3. The number of alkyl halides is 2. The van der Waals surface area contributed by atoms with Crippen molar-refractivity contribution in [2.24, 2.45) is 11.8 Å². The lowest BCUT2D eigenvalue weighted by Crippen LogP contribution is -2.50. The van der Waals surface area contributed by atoms with Crippen molar-refractivity contribution >= 4 is 23.2 Å². The van der Waals surface area contributed by atoms with Crippen LogP contribution in [0.2, 0.25) is 0 Å². The van der Waals surface area contributed by atoms with Crippen molar-refractivity contribution < 1.29 is 10.2 Å². The van der Waals surface area contributed by atoms with Crippen molar-refractivity contribution in [3.8, 4) is 0 Å². The number of aliphatic hydroxyl groups is 2. The van der Waals surface area contributed by atoms with Gasteiger partial charge in [-0.1, -0.05) is 0 Å². The summed E-state index contributed by atoms with van der Waals surface area (Å²) in [4.78, 5) is 2.43. The van der Waals surface area contributed by atoms with E-state index in [1.54, 1.807) is 0 Å². The Balaban J connectivity index is 1.90. The fourth-order valence-corrected chi connectivity index (χ4v) is 4.04. The lowest BCUT2D eigenvalue weighted by atomic mass is 9.80. The summed E-state index contributed by atoms with van der Waals surface area (Å²) in [5.41, 5.74) is 0. The Hall–Kier alpha value is 0.460. The molecule has 0 aromatic heterocycles. The van der Waals surface area contributed by atoms with Gasteiger partial charge in [-0.3, -0.25) is 0 Å². The quantitative estimate of drug-likeness (QED) is 0.784. The highest BCUT2D eigenvalue weighted by molar-refractivity contribution is 6.30. The molecule has 1 saturated carbocycles. The number of nitrogens with zero attached hydrogens (tertiary/aromatic N) is 1. The fraction of sp³-hybridized carbons (Fsp3) is 1.00. The van der Waals surface area contributed by atoms with Crippen LogP contribution < -0.4 is 0 Å². The highest BCUT2D eigenvalue weighted by atomic mass is 35.5. The zero-order valence-electron chi connectivity index (χ0n) is 11.5. The van der Waals surface area contributed by atoms with Gasteiger partial charge in [-0.2, -0.15) is 0 Å². The van der Waals surface area contributed by atoms with Gasteiger partial charge in [0, 0.05) is 18.6 Å². The fourth-order valence-electron chi connectivity index (χ4n) is 3.45. The van der Waals surface area contributed by atoms with E-state index in [0.717, 1.165) is 32.4 Å². The molecule has 0 aromatic carbocycles. The van der Waals surface area contributed by atoms with Crippen LogP contribution in [-0.2, 0) is 0 Å². The minimum absolute atomic E-state index is 0.0347. The molecular weight excluding hydrogens is 285 g/mol. The Bertz CT molecular complexity index is 285. The first kappa shape index (κ1) is 15.8. The Labute approximate surface area is 125 Å². The van der Waals surface area contributed by atoms with Crippen LogP contribution in [0.4, 0.5) is 0 Å². The summed E-state index contributed by atoms with van der Waals surface area (Å²) >= 11 is 12.4. The third-order valence-electron chi connectivity index (χ3n) is 4.95. The van der Waals surface area contributed by atoms with E-state index in [9.17, 15) is 10.2 Å². The van der Waals surface area contributed by atoms with Gasteiger partial charge in [0.2, 0.25) is 0 Å². The molecule has 3 nitrogen and oxygen atoms in total. The molecular formula is C14H25Cl2NO2. The average molecular weight is 310 g/mol. The summed E-state index contributed by atoms with van der Waals surface area (Å²) in [6.07, 6.45) is 3.14. The molecule has 0 bridgehead atoms. The number of rotatable bonds is 3. The second kappa shape index (κ2) is 6.95. The maximum absolute atomic E-state index is 10.2. The lowest BCUT2D eigenvalue weighted by molar-refractivity contribution is 0.00303. The molecule has 1 aliphatic heterocycles. The topological polar surface area (TPSA) is 43.7 Å². The van der Waals surface area contributed by atoms with Gasteiger partial charge in [0.15, 0.2) is 0 Å². The number of hydrogen-bond donors (Lipinski definition) is 2. The van der Waals surface area contributed by atoms with Gasteiger partial charge >= 0.3 is 0 Å². The molecule has 19 heavy (non-hydrogen) atoms. The molecule has 2 aliphatic rings. The second-order valence-electron chi connectivity index (χ2n) is 6.14. The summed E-state index contributed by atoms with van der Waals surface area (Å²) in [5.74, 6) is 0.663. The first-order chi connectivity index (χ1) is 9.02. The molecule has 2 rings (SSSR count). The predicted octanol–water partition coefficient (Wildman–Crippen LogP) is 2.06. The number of halogens is 2. The van der Waals surface area contributed by atoms with E-state index in [2.05, 4.69) is 11.8 Å². The monoisotopic (exact) mass is 309 g/mol. The molecule has 5 atom stereocenters. The number of piperidine rings is 1. The third kappa shape index (κ3) is 3.76. The van der Waals surface area contributed by atoms with E-state index < -0.39 is 0 Å². The highest BCUT2D eigenvalue weighted by Gasteiger charge is 2.39. The Morgan fingerprint density at radius 1 is 1.16 bits per heavy atom. The van der Waals surface area contributed by atoms with E-state index in [1.807, 2.05) is 0 Å². The maximum atomic E-state index is 10.2. The van der Waals surface area contributed by atoms with Crippen molar-refractivity contribution in [1.29, 1.82) is 0 Å². The Morgan fingerprint density at radius 2 is 1.74 bits per heavy atom. The van der Waals surface area contributed by atoms with Crippen LogP contribution in [0.25, 0.3) is 0 Å². The lowest BCUT2D eigenvalue weighted by Gasteiger charge is -2.44. The van der Waals surface area contributed by atoms with E-state index in [-0.39, 0.29) is 22.8 Å². The molecule has 5 unspecified atom stereocenters. The van der Waals surface area contributed by atoms with E-state index >= 15 is 0 Å².